The number of carbonyl (C=O) groups excluding carboxylic acids is 2. The minimum Gasteiger partial charge on any atom is -0.493 e. The van der Waals surface area contributed by atoms with E-state index in [2.05, 4.69) is 26.7 Å². The summed E-state index contributed by atoms with van der Waals surface area (Å²) in [5, 5.41) is 8.12. The maximum Gasteiger partial charge on any atom is 0.257 e. The number of rotatable bonds is 7. The lowest BCUT2D eigenvalue weighted by molar-refractivity contribution is -0.116. The van der Waals surface area contributed by atoms with Crippen LogP contribution in [0.1, 0.15) is 22.3 Å². The molecular formula is C24H21N5O3S. The maximum atomic E-state index is 12.7. The van der Waals surface area contributed by atoms with E-state index in [-0.39, 0.29) is 11.8 Å². The van der Waals surface area contributed by atoms with Gasteiger partial charge in [-0.15, -0.1) is 11.3 Å². The van der Waals surface area contributed by atoms with Crippen LogP contribution in [0.4, 0.5) is 10.8 Å². The molecule has 0 radical (unpaired) electrons. The highest BCUT2D eigenvalue weighted by Crippen LogP contribution is 2.32. The number of aromatic nitrogens is 3. The van der Waals surface area contributed by atoms with Gasteiger partial charge in [-0.05, 0) is 42.0 Å². The SMILES string of the molecule is O=C(CCn1ccnc1)Nc1cccc(C(=O)Nc2nc(-c3ccc4c(c3)CCO4)cs2)c1. The number of aryl methyl sites for hydroxylation is 1. The fourth-order valence-corrected chi connectivity index (χ4v) is 4.30. The predicted octanol–water partition coefficient (Wildman–Crippen LogP) is 4.22. The van der Waals surface area contributed by atoms with Crippen molar-refractivity contribution in [1.29, 1.82) is 0 Å². The third-order valence-corrected chi connectivity index (χ3v) is 6.03. The maximum absolute atomic E-state index is 12.7. The van der Waals surface area contributed by atoms with Gasteiger partial charge in [-0.1, -0.05) is 6.07 Å². The number of carbonyl (C=O) groups is 2. The molecule has 5 rings (SSSR count). The molecule has 0 bridgehead atoms. The van der Waals surface area contributed by atoms with E-state index in [0.29, 0.717) is 36.0 Å². The first-order valence-electron chi connectivity index (χ1n) is 10.5. The molecule has 0 atom stereocenters. The lowest BCUT2D eigenvalue weighted by Gasteiger charge is -2.08. The van der Waals surface area contributed by atoms with E-state index in [1.807, 2.05) is 22.1 Å². The summed E-state index contributed by atoms with van der Waals surface area (Å²) in [4.78, 5) is 33.5. The molecule has 0 unspecified atom stereocenters. The monoisotopic (exact) mass is 459 g/mol. The second kappa shape index (κ2) is 9.25. The first-order valence-corrected chi connectivity index (χ1v) is 11.4. The van der Waals surface area contributed by atoms with Gasteiger partial charge in [0.15, 0.2) is 5.13 Å². The Bertz CT molecular complexity index is 1300. The van der Waals surface area contributed by atoms with E-state index in [4.69, 9.17) is 4.74 Å². The van der Waals surface area contributed by atoms with Crippen LogP contribution in [0.5, 0.6) is 5.75 Å². The van der Waals surface area contributed by atoms with Gasteiger partial charge < -0.3 is 14.6 Å². The van der Waals surface area contributed by atoms with Crippen molar-refractivity contribution in [1.82, 2.24) is 14.5 Å². The zero-order chi connectivity index (χ0) is 22.6. The molecule has 0 saturated carbocycles. The minimum atomic E-state index is -0.284. The molecule has 4 aromatic rings. The quantitative estimate of drug-likeness (QED) is 0.431. The van der Waals surface area contributed by atoms with Gasteiger partial charge in [0, 0.05) is 54.0 Å². The van der Waals surface area contributed by atoms with Crippen LogP contribution >= 0.6 is 11.3 Å². The minimum absolute atomic E-state index is 0.134. The molecule has 2 N–H and O–H groups in total. The summed E-state index contributed by atoms with van der Waals surface area (Å²) in [5.41, 5.74) is 3.99. The molecule has 33 heavy (non-hydrogen) atoms. The summed E-state index contributed by atoms with van der Waals surface area (Å²) in [6.45, 7) is 1.25. The average molecular weight is 460 g/mol. The van der Waals surface area contributed by atoms with Crippen LogP contribution in [0, 0.1) is 0 Å². The highest BCUT2D eigenvalue weighted by molar-refractivity contribution is 7.14. The number of hydrogen-bond donors (Lipinski definition) is 2. The van der Waals surface area contributed by atoms with Crippen molar-refractivity contribution in [2.45, 2.75) is 19.4 Å². The van der Waals surface area contributed by atoms with Crippen molar-refractivity contribution >= 4 is 34.0 Å². The summed E-state index contributed by atoms with van der Waals surface area (Å²) < 4.78 is 7.39. The molecule has 0 spiro atoms. The number of nitrogens with zero attached hydrogens (tertiary/aromatic N) is 3. The van der Waals surface area contributed by atoms with Crippen molar-refractivity contribution in [3.05, 3.63) is 77.7 Å². The van der Waals surface area contributed by atoms with Gasteiger partial charge in [0.05, 0.1) is 18.6 Å². The van der Waals surface area contributed by atoms with Crippen molar-refractivity contribution in [3.63, 3.8) is 0 Å². The second-order valence-electron chi connectivity index (χ2n) is 7.59. The molecule has 0 aliphatic carbocycles. The Morgan fingerprint density at radius 1 is 1.15 bits per heavy atom. The zero-order valence-electron chi connectivity index (χ0n) is 17.7. The van der Waals surface area contributed by atoms with Crippen LogP contribution in [-0.4, -0.2) is 33.0 Å². The lowest BCUT2D eigenvalue weighted by atomic mass is 10.1. The Hall–Kier alpha value is -3.98. The van der Waals surface area contributed by atoms with E-state index in [1.165, 1.54) is 16.9 Å². The second-order valence-corrected chi connectivity index (χ2v) is 8.45. The topological polar surface area (TPSA) is 98.1 Å². The molecule has 2 amide bonds. The molecule has 9 heteroatoms. The van der Waals surface area contributed by atoms with Crippen LogP contribution in [0.25, 0.3) is 11.3 Å². The fraction of sp³-hybridized carbons (Fsp3) is 0.167. The first-order chi connectivity index (χ1) is 16.1. The number of amides is 2. The van der Waals surface area contributed by atoms with Crippen LogP contribution in [0.3, 0.4) is 0 Å². The highest BCUT2D eigenvalue weighted by Gasteiger charge is 2.15. The number of imidazole rings is 1. The Morgan fingerprint density at radius 2 is 2.09 bits per heavy atom. The summed E-state index contributed by atoms with van der Waals surface area (Å²) >= 11 is 1.37. The van der Waals surface area contributed by atoms with E-state index >= 15 is 0 Å². The normalized spacial score (nSPS) is 12.1. The van der Waals surface area contributed by atoms with Crippen molar-refractivity contribution in [2.24, 2.45) is 0 Å². The van der Waals surface area contributed by atoms with Gasteiger partial charge >= 0.3 is 0 Å². The van der Waals surface area contributed by atoms with E-state index < -0.39 is 0 Å². The molecule has 2 aromatic carbocycles. The zero-order valence-corrected chi connectivity index (χ0v) is 18.5. The number of hydrogen-bond acceptors (Lipinski definition) is 6. The number of nitrogens with one attached hydrogen (secondary N) is 2. The fourth-order valence-electron chi connectivity index (χ4n) is 3.59. The highest BCUT2D eigenvalue weighted by atomic mass is 32.1. The Morgan fingerprint density at radius 3 is 2.97 bits per heavy atom. The number of benzene rings is 2. The predicted molar refractivity (Wildman–Crippen MR) is 127 cm³/mol. The largest absolute Gasteiger partial charge is 0.493 e. The van der Waals surface area contributed by atoms with E-state index in [0.717, 1.165) is 23.4 Å². The Balaban J connectivity index is 1.21. The van der Waals surface area contributed by atoms with Gasteiger partial charge in [0.1, 0.15) is 5.75 Å². The third kappa shape index (κ3) is 4.93. The average Bonchev–Trinajstić information content (AvgIpc) is 3.59. The van der Waals surface area contributed by atoms with Crippen LogP contribution < -0.4 is 15.4 Å². The smallest absolute Gasteiger partial charge is 0.257 e. The van der Waals surface area contributed by atoms with Crippen molar-refractivity contribution in [3.8, 4) is 17.0 Å². The molecule has 1 aliphatic heterocycles. The summed E-state index contributed by atoms with van der Waals surface area (Å²) in [6, 6.07) is 12.9. The number of fused-ring (bicyclic) bond motifs is 1. The first kappa shape index (κ1) is 20.9. The van der Waals surface area contributed by atoms with Crippen LogP contribution in [0.15, 0.2) is 66.6 Å². The van der Waals surface area contributed by atoms with Gasteiger partial charge in [0.25, 0.3) is 5.91 Å². The van der Waals surface area contributed by atoms with Crippen molar-refractivity contribution < 1.29 is 14.3 Å². The standard InChI is InChI=1S/C24H21N5O3S/c30-22(6-9-29-10-8-25-15-29)26-19-3-1-2-18(13-19)23(31)28-24-27-20(14-33-24)16-4-5-21-17(12-16)7-11-32-21/h1-5,8,10,12-15H,6-7,9,11H2,(H,26,30)(H,27,28,31). The number of anilines is 2. The molecule has 1 aliphatic rings. The molecule has 8 nitrogen and oxygen atoms in total. The van der Waals surface area contributed by atoms with E-state index in [9.17, 15) is 9.59 Å². The lowest BCUT2D eigenvalue weighted by Crippen LogP contribution is -2.15. The molecular weight excluding hydrogens is 438 g/mol. The van der Waals surface area contributed by atoms with Gasteiger partial charge in [0.2, 0.25) is 5.91 Å². The third-order valence-electron chi connectivity index (χ3n) is 5.27. The molecule has 3 heterocycles. The number of thiazole rings is 1. The van der Waals surface area contributed by atoms with E-state index in [1.54, 1.807) is 43.0 Å². The molecule has 2 aromatic heterocycles. The number of ether oxygens (including phenoxy) is 1. The van der Waals surface area contributed by atoms with Gasteiger partial charge in [-0.2, -0.15) is 0 Å². The van der Waals surface area contributed by atoms with Gasteiger partial charge in [-0.3, -0.25) is 14.9 Å². The van der Waals surface area contributed by atoms with Gasteiger partial charge in [-0.25, -0.2) is 9.97 Å². The Kier molecular flexibility index (Phi) is 5.86. The van der Waals surface area contributed by atoms with Crippen molar-refractivity contribution in [2.75, 3.05) is 17.2 Å². The van der Waals surface area contributed by atoms with Crippen LogP contribution in [-0.2, 0) is 17.8 Å². The van der Waals surface area contributed by atoms with Crippen LogP contribution in [0.2, 0.25) is 0 Å². The summed E-state index contributed by atoms with van der Waals surface area (Å²) in [7, 11) is 0. The Labute approximate surface area is 194 Å². The molecule has 166 valence electrons. The summed E-state index contributed by atoms with van der Waals surface area (Å²) in [6.07, 6.45) is 6.35. The molecule has 0 fully saturated rings. The summed E-state index contributed by atoms with van der Waals surface area (Å²) in [5.74, 6) is 0.509. The molecule has 0 saturated heterocycles.